The van der Waals surface area contributed by atoms with Crippen LogP contribution in [0, 0.1) is 0 Å². The van der Waals surface area contributed by atoms with Crippen LogP contribution in [0.2, 0.25) is 0 Å². The van der Waals surface area contributed by atoms with Crippen LogP contribution in [-0.2, 0) is 4.74 Å². The summed E-state index contributed by atoms with van der Waals surface area (Å²) in [7, 11) is 1.71. The van der Waals surface area contributed by atoms with Gasteiger partial charge in [0.25, 0.3) is 0 Å². The maximum absolute atomic E-state index is 4.96. The average Bonchev–Trinajstić information content (AvgIpc) is 1.65. The lowest BCUT2D eigenvalue weighted by atomic mass is 10.3. The van der Waals surface area contributed by atoms with E-state index in [0.717, 1.165) is 0 Å². The third kappa shape index (κ3) is 3.06. The molecule has 0 radical (unpaired) electrons. The van der Waals surface area contributed by atoms with Gasteiger partial charge in [-0.05, 0) is 6.92 Å². The Bertz CT molecular complexity index is 45.3. The standard InChI is InChI=1S/C5H11BrO/c1-4(6)5(2)7-3/h4-5H,1-3H3/t4-,5+/m0/s1. The molecular weight excluding hydrogens is 156 g/mol. The van der Waals surface area contributed by atoms with Crippen molar-refractivity contribution in [2.24, 2.45) is 0 Å². The zero-order valence-electron chi connectivity index (χ0n) is 4.94. The van der Waals surface area contributed by atoms with Gasteiger partial charge in [0, 0.05) is 11.9 Å². The summed E-state index contributed by atoms with van der Waals surface area (Å²) < 4.78 is 4.96. The normalized spacial score (nSPS) is 18.9. The second-order valence-electron chi connectivity index (χ2n) is 1.62. The van der Waals surface area contributed by atoms with E-state index in [1.165, 1.54) is 0 Å². The zero-order valence-corrected chi connectivity index (χ0v) is 6.53. The Morgan fingerprint density at radius 2 is 1.86 bits per heavy atom. The smallest absolute Gasteiger partial charge is 0.0665 e. The molecule has 0 aliphatic carbocycles. The highest BCUT2D eigenvalue weighted by Gasteiger charge is 2.04. The average molecular weight is 167 g/mol. The highest BCUT2D eigenvalue weighted by atomic mass is 79.9. The molecule has 0 aliphatic rings. The third-order valence-electron chi connectivity index (χ3n) is 1.02. The first-order valence-electron chi connectivity index (χ1n) is 2.35. The molecule has 0 aromatic heterocycles. The van der Waals surface area contributed by atoms with Gasteiger partial charge in [-0.2, -0.15) is 0 Å². The number of hydrogen-bond acceptors (Lipinski definition) is 1. The second kappa shape index (κ2) is 3.44. The summed E-state index contributed by atoms with van der Waals surface area (Å²) in [5, 5.41) is 0. The second-order valence-corrected chi connectivity index (χ2v) is 3.06. The lowest BCUT2D eigenvalue weighted by Crippen LogP contribution is -2.14. The van der Waals surface area contributed by atoms with Crippen LogP contribution in [0.1, 0.15) is 13.8 Å². The van der Waals surface area contributed by atoms with Crippen LogP contribution in [-0.4, -0.2) is 18.0 Å². The zero-order chi connectivity index (χ0) is 5.86. The first-order valence-corrected chi connectivity index (χ1v) is 3.27. The quantitative estimate of drug-likeness (QED) is 0.570. The number of methoxy groups -OCH3 is 1. The molecule has 0 saturated carbocycles. The highest BCUT2D eigenvalue weighted by Crippen LogP contribution is 2.05. The van der Waals surface area contributed by atoms with Gasteiger partial charge < -0.3 is 4.74 Å². The van der Waals surface area contributed by atoms with Gasteiger partial charge in [0.2, 0.25) is 0 Å². The molecule has 0 spiro atoms. The van der Waals surface area contributed by atoms with Crippen molar-refractivity contribution in [2.75, 3.05) is 7.11 Å². The minimum atomic E-state index is 0.319. The molecule has 2 atom stereocenters. The fourth-order valence-corrected chi connectivity index (χ4v) is 0.403. The van der Waals surface area contributed by atoms with E-state index in [9.17, 15) is 0 Å². The Balaban J connectivity index is 3.14. The van der Waals surface area contributed by atoms with E-state index in [2.05, 4.69) is 22.9 Å². The van der Waals surface area contributed by atoms with Crippen LogP contribution in [0.4, 0.5) is 0 Å². The van der Waals surface area contributed by atoms with Crippen molar-refractivity contribution < 1.29 is 4.74 Å². The maximum atomic E-state index is 4.96. The molecule has 1 nitrogen and oxygen atoms in total. The molecule has 7 heavy (non-hydrogen) atoms. The van der Waals surface area contributed by atoms with Crippen LogP contribution in [0.15, 0.2) is 0 Å². The lowest BCUT2D eigenvalue weighted by Gasteiger charge is -2.09. The van der Waals surface area contributed by atoms with E-state index in [4.69, 9.17) is 4.74 Å². The van der Waals surface area contributed by atoms with Gasteiger partial charge in [-0.25, -0.2) is 0 Å². The topological polar surface area (TPSA) is 9.23 Å². The van der Waals surface area contributed by atoms with E-state index in [1.807, 2.05) is 6.92 Å². The molecule has 0 rings (SSSR count). The van der Waals surface area contributed by atoms with Gasteiger partial charge in [-0.1, -0.05) is 22.9 Å². The first-order chi connectivity index (χ1) is 3.18. The van der Waals surface area contributed by atoms with Crippen LogP contribution in [0.25, 0.3) is 0 Å². The molecule has 0 saturated heterocycles. The SMILES string of the molecule is CO[C@H](C)[C@H](C)Br. The summed E-state index contributed by atoms with van der Waals surface area (Å²) in [6.45, 7) is 4.09. The molecule has 0 aromatic carbocycles. The van der Waals surface area contributed by atoms with Gasteiger partial charge in [0.1, 0.15) is 0 Å². The van der Waals surface area contributed by atoms with Crippen molar-refractivity contribution in [3.05, 3.63) is 0 Å². The summed E-state index contributed by atoms with van der Waals surface area (Å²) in [5.41, 5.74) is 0. The van der Waals surface area contributed by atoms with Crippen molar-refractivity contribution in [2.45, 2.75) is 24.8 Å². The predicted molar refractivity (Wildman–Crippen MR) is 34.9 cm³/mol. The number of alkyl halides is 1. The molecule has 44 valence electrons. The molecule has 2 heteroatoms. The fraction of sp³-hybridized carbons (Fsp3) is 1.00. The maximum Gasteiger partial charge on any atom is 0.0665 e. The van der Waals surface area contributed by atoms with Gasteiger partial charge in [-0.15, -0.1) is 0 Å². The minimum Gasteiger partial charge on any atom is -0.381 e. The first kappa shape index (κ1) is 7.44. The van der Waals surface area contributed by atoms with Crippen molar-refractivity contribution in [3.63, 3.8) is 0 Å². The fourth-order valence-electron chi connectivity index (χ4n) is 0.188. The Hall–Kier alpha value is 0.440. The Labute approximate surface area is 53.2 Å². The molecule has 0 fully saturated rings. The number of hydrogen-bond donors (Lipinski definition) is 0. The van der Waals surface area contributed by atoms with E-state index >= 15 is 0 Å². The molecule has 0 aromatic rings. The third-order valence-corrected chi connectivity index (χ3v) is 1.76. The predicted octanol–water partition coefficient (Wildman–Crippen LogP) is 1.80. The van der Waals surface area contributed by atoms with Crippen molar-refractivity contribution in [3.8, 4) is 0 Å². The monoisotopic (exact) mass is 166 g/mol. The molecule has 0 unspecified atom stereocenters. The number of ether oxygens (including phenoxy) is 1. The Morgan fingerprint density at radius 1 is 1.43 bits per heavy atom. The molecule has 0 aliphatic heterocycles. The van der Waals surface area contributed by atoms with Crippen LogP contribution >= 0.6 is 15.9 Å². The van der Waals surface area contributed by atoms with Gasteiger partial charge in [0.15, 0.2) is 0 Å². The Kier molecular flexibility index (Phi) is 3.66. The Morgan fingerprint density at radius 3 is 1.86 bits per heavy atom. The van der Waals surface area contributed by atoms with E-state index in [0.29, 0.717) is 10.9 Å². The minimum absolute atomic E-state index is 0.319. The number of rotatable bonds is 2. The molecule has 0 N–H and O–H groups in total. The summed E-state index contributed by atoms with van der Waals surface area (Å²) in [4.78, 5) is 0.456. The van der Waals surface area contributed by atoms with Crippen molar-refractivity contribution in [1.29, 1.82) is 0 Å². The van der Waals surface area contributed by atoms with E-state index < -0.39 is 0 Å². The number of halogens is 1. The van der Waals surface area contributed by atoms with Crippen LogP contribution < -0.4 is 0 Å². The summed E-state index contributed by atoms with van der Waals surface area (Å²) in [6, 6.07) is 0. The summed E-state index contributed by atoms with van der Waals surface area (Å²) in [6.07, 6.45) is 0.319. The van der Waals surface area contributed by atoms with Gasteiger partial charge in [0.05, 0.1) is 6.10 Å². The van der Waals surface area contributed by atoms with Crippen molar-refractivity contribution >= 4 is 15.9 Å². The molecule has 0 heterocycles. The van der Waals surface area contributed by atoms with Crippen LogP contribution in [0.3, 0.4) is 0 Å². The van der Waals surface area contributed by atoms with E-state index in [1.54, 1.807) is 7.11 Å². The largest absolute Gasteiger partial charge is 0.381 e. The van der Waals surface area contributed by atoms with Crippen molar-refractivity contribution in [1.82, 2.24) is 0 Å². The van der Waals surface area contributed by atoms with Gasteiger partial charge >= 0.3 is 0 Å². The van der Waals surface area contributed by atoms with Crippen LogP contribution in [0.5, 0.6) is 0 Å². The van der Waals surface area contributed by atoms with Gasteiger partial charge in [-0.3, -0.25) is 0 Å². The van der Waals surface area contributed by atoms with E-state index in [-0.39, 0.29) is 0 Å². The molecule has 0 bridgehead atoms. The lowest BCUT2D eigenvalue weighted by molar-refractivity contribution is 0.121. The highest BCUT2D eigenvalue weighted by molar-refractivity contribution is 9.09. The molecule has 0 amide bonds. The summed E-state index contributed by atoms with van der Waals surface area (Å²) >= 11 is 3.37. The molecular formula is C5H11BrO. The summed E-state index contributed by atoms with van der Waals surface area (Å²) in [5.74, 6) is 0.